The van der Waals surface area contributed by atoms with Crippen LogP contribution in [0.25, 0.3) is 0 Å². The van der Waals surface area contributed by atoms with Crippen LogP contribution in [0, 0.1) is 0 Å². The molecular weight excluding hydrogens is 280 g/mol. The van der Waals surface area contributed by atoms with Crippen molar-refractivity contribution in [3.8, 4) is 0 Å². The van der Waals surface area contributed by atoms with Crippen LogP contribution >= 0.6 is 0 Å². The first-order chi connectivity index (χ1) is 9.49. The average molecular weight is 308 g/mol. The Morgan fingerprint density at radius 3 is 2.20 bits per heavy atom. The highest BCUT2D eigenvalue weighted by atomic mass is 32.3. The van der Waals surface area contributed by atoms with Crippen molar-refractivity contribution >= 4 is 10.4 Å². The Morgan fingerprint density at radius 2 is 1.65 bits per heavy atom. The number of rotatable bonds is 13. The van der Waals surface area contributed by atoms with E-state index in [9.17, 15) is 8.42 Å². The van der Waals surface area contributed by atoms with Crippen LogP contribution in [0.2, 0.25) is 0 Å². The molecule has 0 spiro atoms. The second kappa shape index (κ2) is 12.2. The average Bonchev–Trinajstić information content (AvgIpc) is 2.39. The molecule has 120 valence electrons. The Morgan fingerprint density at radius 1 is 1.05 bits per heavy atom. The molecule has 0 unspecified atom stereocenters. The quantitative estimate of drug-likeness (QED) is 0.318. The maximum absolute atomic E-state index is 10.3. The summed E-state index contributed by atoms with van der Waals surface area (Å²) >= 11 is 0. The summed E-state index contributed by atoms with van der Waals surface area (Å²) in [5.74, 6) is 0.845. The van der Waals surface area contributed by atoms with Gasteiger partial charge in [0.15, 0.2) is 0 Å². The van der Waals surface area contributed by atoms with Gasteiger partial charge in [-0.15, -0.1) is 0 Å². The van der Waals surface area contributed by atoms with Gasteiger partial charge in [0.2, 0.25) is 0 Å². The first-order valence-electron chi connectivity index (χ1n) is 7.39. The van der Waals surface area contributed by atoms with Gasteiger partial charge in [0.05, 0.1) is 5.76 Å². The van der Waals surface area contributed by atoms with Gasteiger partial charge in [0.1, 0.15) is 13.2 Å². The Hall–Kier alpha value is -0.590. The molecule has 0 aliphatic heterocycles. The number of unbranched alkanes of at least 4 members (excludes halogenated alkanes) is 6. The summed E-state index contributed by atoms with van der Waals surface area (Å²) in [6.45, 7) is 4.05. The molecule has 1 N–H and O–H groups in total. The molecule has 0 saturated carbocycles. The van der Waals surface area contributed by atoms with E-state index in [-0.39, 0.29) is 13.2 Å². The van der Waals surface area contributed by atoms with E-state index in [0.29, 0.717) is 0 Å². The molecule has 5 nitrogen and oxygen atoms in total. The minimum absolute atomic E-state index is 0.121. The topological polar surface area (TPSA) is 72.8 Å². The van der Waals surface area contributed by atoms with Crippen molar-refractivity contribution in [2.24, 2.45) is 0 Å². The van der Waals surface area contributed by atoms with E-state index in [4.69, 9.17) is 9.29 Å². The molecule has 0 aliphatic rings. The van der Waals surface area contributed by atoms with Gasteiger partial charge in [-0.1, -0.05) is 45.4 Å². The number of ether oxygens (including phenoxy) is 1. The molecule has 0 aromatic rings. The zero-order valence-electron chi connectivity index (χ0n) is 12.6. The zero-order valence-corrected chi connectivity index (χ0v) is 13.5. The molecule has 0 aromatic heterocycles. The van der Waals surface area contributed by atoms with E-state index < -0.39 is 10.4 Å². The predicted octanol–water partition coefficient (Wildman–Crippen LogP) is 3.87. The maximum atomic E-state index is 10.3. The lowest BCUT2D eigenvalue weighted by Crippen LogP contribution is -2.10. The van der Waals surface area contributed by atoms with Gasteiger partial charge < -0.3 is 4.74 Å². The van der Waals surface area contributed by atoms with Crippen molar-refractivity contribution in [3.05, 3.63) is 11.8 Å². The van der Waals surface area contributed by atoms with Gasteiger partial charge in [-0.2, -0.15) is 8.42 Å². The standard InChI is InChI=1S/C14H28O5S/c1-3-5-6-7-8-9-10-11-14(4-2)18-12-13-19-20(15,16)17/h4H,3,5-13H2,1-2H3,(H,15,16,17). The molecule has 0 amide bonds. The van der Waals surface area contributed by atoms with Crippen molar-refractivity contribution in [3.63, 3.8) is 0 Å². The monoisotopic (exact) mass is 308 g/mol. The van der Waals surface area contributed by atoms with Crippen LogP contribution in [0.15, 0.2) is 11.8 Å². The fourth-order valence-corrected chi connectivity index (χ4v) is 2.15. The van der Waals surface area contributed by atoms with Crippen molar-refractivity contribution in [1.29, 1.82) is 0 Å². The van der Waals surface area contributed by atoms with Gasteiger partial charge in [-0.3, -0.25) is 4.55 Å². The molecule has 20 heavy (non-hydrogen) atoms. The lowest BCUT2D eigenvalue weighted by Gasteiger charge is -2.09. The van der Waals surface area contributed by atoms with Crippen molar-refractivity contribution in [1.82, 2.24) is 0 Å². The van der Waals surface area contributed by atoms with Crippen LogP contribution in [-0.4, -0.2) is 26.2 Å². The molecule has 0 atom stereocenters. The van der Waals surface area contributed by atoms with E-state index in [1.54, 1.807) is 0 Å². The zero-order chi connectivity index (χ0) is 15.3. The van der Waals surface area contributed by atoms with Gasteiger partial charge in [-0.05, 0) is 19.4 Å². The Kier molecular flexibility index (Phi) is 11.8. The number of hydrogen-bond acceptors (Lipinski definition) is 4. The third kappa shape index (κ3) is 13.8. The van der Waals surface area contributed by atoms with E-state index in [1.165, 1.54) is 38.5 Å². The van der Waals surface area contributed by atoms with Crippen molar-refractivity contribution < 1.29 is 21.9 Å². The largest absolute Gasteiger partial charge is 0.496 e. The lowest BCUT2D eigenvalue weighted by molar-refractivity contribution is 0.143. The number of hydrogen-bond donors (Lipinski definition) is 1. The normalized spacial score (nSPS) is 12.7. The summed E-state index contributed by atoms with van der Waals surface area (Å²) in [5.41, 5.74) is 0. The first kappa shape index (κ1) is 19.4. The minimum atomic E-state index is -4.36. The second-order valence-corrected chi connectivity index (χ2v) is 5.82. The van der Waals surface area contributed by atoms with Crippen LogP contribution < -0.4 is 0 Å². The number of allylic oxidation sites excluding steroid dienone is 2. The summed E-state index contributed by atoms with van der Waals surface area (Å²) in [4.78, 5) is 0. The molecular formula is C14H28O5S. The summed E-state index contributed by atoms with van der Waals surface area (Å²) in [7, 11) is -4.36. The summed E-state index contributed by atoms with van der Waals surface area (Å²) in [5, 5.41) is 0. The molecule has 0 saturated heterocycles. The molecule has 0 heterocycles. The maximum Gasteiger partial charge on any atom is 0.397 e. The Balaban J connectivity index is 3.53. The third-order valence-electron chi connectivity index (χ3n) is 2.95. The predicted molar refractivity (Wildman–Crippen MR) is 79.8 cm³/mol. The van der Waals surface area contributed by atoms with Crippen LogP contribution in [0.3, 0.4) is 0 Å². The van der Waals surface area contributed by atoms with Crippen LogP contribution in [0.1, 0.15) is 65.2 Å². The summed E-state index contributed by atoms with van der Waals surface area (Å²) in [6.07, 6.45) is 11.4. The van der Waals surface area contributed by atoms with Gasteiger partial charge in [0.25, 0.3) is 0 Å². The summed E-state index contributed by atoms with van der Waals surface area (Å²) in [6, 6.07) is 0. The van der Waals surface area contributed by atoms with E-state index in [0.717, 1.165) is 18.6 Å². The molecule has 0 fully saturated rings. The van der Waals surface area contributed by atoms with Gasteiger partial charge >= 0.3 is 10.4 Å². The fourth-order valence-electron chi connectivity index (χ4n) is 1.87. The Bertz CT molecular complexity index is 349. The van der Waals surface area contributed by atoms with E-state index in [1.807, 2.05) is 13.0 Å². The van der Waals surface area contributed by atoms with E-state index in [2.05, 4.69) is 11.1 Å². The van der Waals surface area contributed by atoms with Gasteiger partial charge in [0, 0.05) is 6.42 Å². The van der Waals surface area contributed by atoms with Crippen LogP contribution in [0.4, 0.5) is 0 Å². The minimum Gasteiger partial charge on any atom is -0.496 e. The second-order valence-electron chi connectivity index (χ2n) is 4.72. The highest BCUT2D eigenvalue weighted by Crippen LogP contribution is 2.13. The highest BCUT2D eigenvalue weighted by Gasteiger charge is 2.04. The molecule has 0 aliphatic carbocycles. The fraction of sp³-hybridized carbons (Fsp3) is 0.857. The van der Waals surface area contributed by atoms with Crippen LogP contribution in [0.5, 0.6) is 0 Å². The smallest absolute Gasteiger partial charge is 0.397 e. The van der Waals surface area contributed by atoms with Crippen LogP contribution in [-0.2, 0) is 19.3 Å². The molecule has 0 radical (unpaired) electrons. The highest BCUT2D eigenvalue weighted by molar-refractivity contribution is 7.80. The Labute approximate surface area is 123 Å². The third-order valence-corrected chi connectivity index (χ3v) is 3.42. The van der Waals surface area contributed by atoms with Gasteiger partial charge in [-0.25, -0.2) is 4.18 Å². The van der Waals surface area contributed by atoms with Crippen molar-refractivity contribution in [2.75, 3.05) is 13.2 Å². The molecule has 0 bridgehead atoms. The molecule has 0 aromatic carbocycles. The summed E-state index contributed by atoms with van der Waals surface area (Å²) < 4.78 is 38.6. The van der Waals surface area contributed by atoms with Crippen molar-refractivity contribution in [2.45, 2.75) is 65.2 Å². The molecule has 0 rings (SSSR count). The molecule has 6 heteroatoms. The SMILES string of the molecule is CC=C(CCCCCCCCC)OCCOS(=O)(=O)O. The lowest BCUT2D eigenvalue weighted by atomic mass is 10.1. The van der Waals surface area contributed by atoms with E-state index >= 15 is 0 Å². The first-order valence-corrected chi connectivity index (χ1v) is 8.76.